The second kappa shape index (κ2) is 10.7. The lowest BCUT2D eigenvalue weighted by molar-refractivity contribution is 0.621. The molecule has 11 rings (SSSR count). The molecule has 0 unspecified atom stereocenters. The van der Waals surface area contributed by atoms with Crippen LogP contribution in [0.15, 0.2) is 160 Å². The maximum absolute atomic E-state index is 6.68. The molecular formula is C44H25N5O2. The van der Waals surface area contributed by atoms with Crippen LogP contribution in [0, 0.1) is 0 Å². The van der Waals surface area contributed by atoms with Crippen LogP contribution in [0.1, 0.15) is 0 Å². The van der Waals surface area contributed by atoms with Gasteiger partial charge >= 0.3 is 0 Å². The van der Waals surface area contributed by atoms with Gasteiger partial charge < -0.3 is 8.83 Å². The molecule has 4 aromatic heterocycles. The van der Waals surface area contributed by atoms with E-state index in [2.05, 4.69) is 59.2 Å². The average Bonchev–Trinajstić information content (AvgIpc) is 3.90. The fraction of sp³-hybridized carbons (Fsp3) is 0. The molecule has 0 aliphatic carbocycles. The lowest BCUT2D eigenvalue weighted by atomic mass is 10.0. The minimum Gasteiger partial charge on any atom is -0.456 e. The van der Waals surface area contributed by atoms with Crippen molar-refractivity contribution in [3.05, 3.63) is 152 Å². The first-order valence-corrected chi connectivity index (χ1v) is 16.8. The molecule has 7 aromatic carbocycles. The van der Waals surface area contributed by atoms with Crippen LogP contribution in [0.5, 0.6) is 0 Å². The number of furan rings is 1. The zero-order chi connectivity index (χ0) is 33.5. The van der Waals surface area contributed by atoms with E-state index in [9.17, 15) is 0 Å². The Kier molecular flexibility index (Phi) is 5.83. The molecule has 0 spiro atoms. The summed E-state index contributed by atoms with van der Waals surface area (Å²) in [5.74, 6) is 2.14. The SMILES string of the molecule is c1ccc(-c2nc(-c3cccc4oc5ccccc5c34)nc(-n3c4ccc5ccccc5c4c4ccc5nc(-c6ccccc6)oc5c43)n2)cc1. The van der Waals surface area contributed by atoms with E-state index in [0.29, 0.717) is 29.1 Å². The van der Waals surface area contributed by atoms with Gasteiger partial charge in [0.05, 0.1) is 5.52 Å². The zero-order valence-electron chi connectivity index (χ0n) is 27.0. The Morgan fingerprint density at radius 1 is 0.451 bits per heavy atom. The molecule has 0 saturated heterocycles. The highest BCUT2D eigenvalue weighted by molar-refractivity contribution is 6.25. The Hall–Kier alpha value is -7.12. The number of benzene rings is 7. The van der Waals surface area contributed by atoms with Gasteiger partial charge in [-0.05, 0) is 53.2 Å². The summed E-state index contributed by atoms with van der Waals surface area (Å²) in [7, 11) is 0. The first-order chi connectivity index (χ1) is 25.3. The molecule has 0 saturated carbocycles. The van der Waals surface area contributed by atoms with Gasteiger partial charge in [0, 0.05) is 38.2 Å². The summed E-state index contributed by atoms with van der Waals surface area (Å²) in [6, 6.07) is 51.1. The molecule has 0 amide bonds. The van der Waals surface area contributed by atoms with Crippen molar-refractivity contribution in [1.82, 2.24) is 24.5 Å². The number of nitrogens with zero attached hydrogens (tertiary/aromatic N) is 5. The molecule has 0 atom stereocenters. The van der Waals surface area contributed by atoms with Crippen molar-refractivity contribution in [2.24, 2.45) is 0 Å². The lowest BCUT2D eigenvalue weighted by Gasteiger charge is -2.11. The number of aromatic nitrogens is 5. The second-order valence-electron chi connectivity index (χ2n) is 12.6. The Morgan fingerprint density at radius 3 is 2.04 bits per heavy atom. The van der Waals surface area contributed by atoms with Crippen molar-refractivity contribution >= 4 is 65.6 Å². The van der Waals surface area contributed by atoms with E-state index >= 15 is 0 Å². The highest BCUT2D eigenvalue weighted by atomic mass is 16.3. The highest BCUT2D eigenvalue weighted by Gasteiger charge is 2.24. The predicted molar refractivity (Wildman–Crippen MR) is 203 cm³/mol. The molecule has 51 heavy (non-hydrogen) atoms. The molecule has 0 radical (unpaired) electrons. The molecule has 238 valence electrons. The molecule has 0 aliphatic rings. The Morgan fingerprint density at radius 2 is 1.18 bits per heavy atom. The Bertz CT molecular complexity index is 3140. The molecule has 7 heteroatoms. The quantitative estimate of drug-likeness (QED) is 0.188. The molecular weight excluding hydrogens is 631 g/mol. The molecule has 0 bridgehead atoms. The predicted octanol–water partition coefficient (Wildman–Crippen LogP) is 11.2. The fourth-order valence-corrected chi connectivity index (χ4v) is 7.43. The summed E-state index contributed by atoms with van der Waals surface area (Å²) in [5.41, 5.74) is 7.46. The van der Waals surface area contributed by atoms with E-state index in [1.807, 2.05) is 97.1 Å². The van der Waals surface area contributed by atoms with Crippen LogP contribution >= 0.6 is 0 Å². The minimum absolute atomic E-state index is 0.476. The van der Waals surface area contributed by atoms with Gasteiger partial charge in [-0.2, -0.15) is 9.97 Å². The number of oxazole rings is 1. The first-order valence-electron chi connectivity index (χ1n) is 16.8. The minimum atomic E-state index is 0.476. The van der Waals surface area contributed by atoms with Crippen molar-refractivity contribution in [3.8, 4) is 40.2 Å². The van der Waals surface area contributed by atoms with Crippen LogP contribution < -0.4 is 0 Å². The summed E-state index contributed by atoms with van der Waals surface area (Å²) in [6.07, 6.45) is 0. The van der Waals surface area contributed by atoms with E-state index in [0.717, 1.165) is 76.7 Å². The third-order valence-corrected chi connectivity index (χ3v) is 9.69. The summed E-state index contributed by atoms with van der Waals surface area (Å²) in [4.78, 5) is 20.6. The normalized spacial score (nSPS) is 11.9. The summed E-state index contributed by atoms with van der Waals surface area (Å²) >= 11 is 0. The van der Waals surface area contributed by atoms with Crippen molar-refractivity contribution in [3.63, 3.8) is 0 Å². The van der Waals surface area contributed by atoms with Crippen LogP contribution in [0.2, 0.25) is 0 Å². The number of hydrogen-bond donors (Lipinski definition) is 0. The van der Waals surface area contributed by atoms with E-state index in [4.69, 9.17) is 28.8 Å². The van der Waals surface area contributed by atoms with Crippen LogP contribution in [-0.2, 0) is 0 Å². The van der Waals surface area contributed by atoms with Crippen molar-refractivity contribution < 1.29 is 8.83 Å². The standard InChI is InChI=1S/C44H25N5O2/c1-3-13-27(14-4-1)41-46-42(32-19-11-21-36-38(32)30-18-9-10-20-35(30)50-36)48-44(47-41)49-34-25-22-26-12-7-8-17-29(26)37(34)31-23-24-33-40(39(31)49)51-43(45-33)28-15-5-2-6-16-28/h1-25H. The largest absolute Gasteiger partial charge is 0.456 e. The van der Waals surface area contributed by atoms with Crippen LogP contribution in [-0.4, -0.2) is 24.5 Å². The molecule has 11 aromatic rings. The lowest BCUT2D eigenvalue weighted by Crippen LogP contribution is -2.06. The Labute approximate surface area is 290 Å². The van der Waals surface area contributed by atoms with E-state index in [-0.39, 0.29) is 0 Å². The molecule has 0 aliphatic heterocycles. The van der Waals surface area contributed by atoms with Crippen LogP contribution in [0.3, 0.4) is 0 Å². The van der Waals surface area contributed by atoms with Gasteiger partial charge in [0.2, 0.25) is 11.8 Å². The average molecular weight is 656 g/mol. The van der Waals surface area contributed by atoms with Gasteiger partial charge in [-0.3, -0.25) is 4.57 Å². The van der Waals surface area contributed by atoms with E-state index < -0.39 is 0 Å². The van der Waals surface area contributed by atoms with E-state index in [1.54, 1.807) is 0 Å². The number of fused-ring (bicyclic) bond motifs is 10. The zero-order valence-corrected chi connectivity index (χ0v) is 27.0. The van der Waals surface area contributed by atoms with Gasteiger partial charge in [-0.15, -0.1) is 0 Å². The van der Waals surface area contributed by atoms with Gasteiger partial charge in [0.15, 0.2) is 17.2 Å². The summed E-state index contributed by atoms with van der Waals surface area (Å²) in [5, 5.41) is 6.36. The molecule has 4 heterocycles. The monoisotopic (exact) mass is 655 g/mol. The van der Waals surface area contributed by atoms with Gasteiger partial charge in [0.25, 0.3) is 0 Å². The number of para-hydroxylation sites is 1. The first kappa shape index (κ1) is 27.8. The van der Waals surface area contributed by atoms with Gasteiger partial charge in [0.1, 0.15) is 22.2 Å². The number of rotatable bonds is 4. The van der Waals surface area contributed by atoms with Crippen LogP contribution in [0.25, 0.3) is 106 Å². The van der Waals surface area contributed by atoms with Gasteiger partial charge in [-0.25, -0.2) is 9.97 Å². The maximum Gasteiger partial charge on any atom is 0.238 e. The Balaban J connectivity index is 1.28. The third-order valence-electron chi connectivity index (χ3n) is 9.69. The van der Waals surface area contributed by atoms with E-state index in [1.165, 1.54) is 0 Å². The third kappa shape index (κ3) is 4.18. The van der Waals surface area contributed by atoms with Gasteiger partial charge in [-0.1, -0.05) is 109 Å². The molecule has 0 N–H and O–H groups in total. The van der Waals surface area contributed by atoms with Crippen molar-refractivity contribution in [2.45, 2.75) is 0 Å². The smallest absolute Gasteiger partial charge is 0.238 e. The molecule has 0 fully saturated rings. The summed E-state index contributed by atoms with van der Waals surface area (Å²) in [6.45, 7) is 0. The maximum atomic E-state index is 6.68. The van der Waals surface area contributed by atoms with Crippen molar-refractivity contribution in [2.75, 3.05) is 0 Å². The summed E-state index contributed by atoms with van der Waals surface area (Å²) < 4.78 is 15.1. The highest BCUT2D eigenvalue weighted by Crippen LogP contribution is 2.42. The topological polar surface area (TPSA) is 82.8 Å². The fourth-order valence-electron chi connectivity index (χ4n) is 7.43. The number of hydrogen-bond acceptors (Lipinski definition) is 6. The van der Waals surface area contributed by atoms with Crippen molar-refractivity contribution in [1.29, 1.82) is 0 Å². The molecule has 7 nitrogen and oxygen atoms in total. The second-order valence-corrected chi connectivity index (χ2v) is 12.6. The van der Waals surface area contributed by atoms with Crippen LogP contribution in [0.4, 0.5) is 0 Å².